The smallest absolute Gasteiger partial charge is 0.339 e. The van der Waals surface area contributed by atoms with E-state index in [4.69, 9.17) is 14.6 Å². The summed E-state index contributed by atoms with van der Waals surface area (Å²) in [5.74, 6) is -3.04. The molecule has 28 heavy (non-hydrogen) atoms. The van der Waals surface area contributed by atoms with Crippen LogP contribution in [0.25, 0.3) is 0 Å². The second-order valence-corrected chi connectivity index (χ2v) is 8.42. The van der Waals surface area contributed by atoms with Crippen molar-refractivity contribution in [2.75, 3.05) is 6.61 Å². The van der Waals surface area contributed by atoms with Crippen molar-refractivity contribution in [3.8, 4) is 0 Å². The Morgan fingerprint density at radius 1 is 1.29 bits per heavy atom. The standard InChI is InChI=1S/C20H22O8/c1-18-7-12(10(9-21)6-15(22)23)27-17(25)20(18,26)8-14-19(2)11(16(24)28-14)4-3-5-13(18)19/h3-6,12-14,21,26H,7-9H2,1-2H3,(H,22,23)/b10-6+/t12-,13+,14-,18+,19+,20+/m0/s1. The number of aliphatic hydroxyl groups excluding tert-OH is 1. The van der Waals surface area contributed by atoms with E-state index in [2.05, 4.69) is 0 Å². The van der Waals surface area contributed by atoms with Crippen LogP contribution in [0.15, 0.2) is 35.5 Å². The first-order valence-corrected chi connectivity index (χ1v) is 9.15. The van der Waals surface area contributed by atoms with Crippen molar-refractivity contribution in [1.82, 2.24) is 0 Å². The van der Waals surface area contributed by atoms with Crippen molar-refractivity contribution in [1.29, 1.82) is 0 Å². The third kappa shape index (κ3) is 2.15. The van der Waals surface area contributed by atoms with Crippen LogP contribution in [0.3, 0.4) is 0 Å². The fourth-order valence-electron chi connectivity index (χ4n) is 5.54. The van der Waals surface area contributed by atoms with Gasteiger partial charge in [0.05, 0.1) is 6.61 Å². The molecule has 4 rings (SSSR count). The average molecular weight is 390 g/mol. The second kappa shape index (κ2) is 5.78. The number of cyclic esters (lactones) is 1. The summed E-state index contributed by atoms with van der Waals surface area (Å²) in [7, 11) is 0. The van der Waals surface area contributed by atoms with Crippen LogP contribution in [-0.2, 0) is 23.9 Å². The molecule has 1 saturated carbocycles. The number of carboxylic acids is 1. The molecule has 2 aliphatic carbocycles. The monoisotopic (exact) mass is 390 g/mol. The first-order chi connectivity index (χ1) is 13.1. The zero-order valence-corrected chi connectivity index (χ0v) is 15.5. The molecular weight excluding hydrogens is 368 g/mol. The Hall–Kier alpha value is -2.45. The summed E-state index contributed by atoms with van der Waals surface area (Å²) >= 11 is 0. The number of hydrogen-bond acceptors (Lipinski definition) is 7. The number of aliphatic carboxylic acids is 1. The number of aliphatic hydroxyl groups is 2. The highest BCUT2D eigenvalue weighted by atomic mass is 16.6. The summed E-state index contributed by atoms with van der Waals surface area (Å²) in [5, 5.41) is 30.1. The van der Waals surface area contributed by atoms with E-state index in [9.17, 15) is 24.6 Å². The third-order valence-electron chi connectivity index (χ3n) is 7.14. The van der Waals surface area contributed by atoms with Gasteiger partial charge in [0.25, 0.3) is 0 Å². The highest BCUT2D eigenvalue weighted by Gasteiger charge is 2.73. The minimum Gasteiger partial charge on any atom is -0.478 e. The Bertz CT molecular complexity index is 869. The Morgan fingerprint density at radius 2 is 2.00 bits per heavy atom. The van der Waals surface area contributed by atoms with Crippen LogP contribution >= 0.6 is 0 Å². The van der Waals surface area contributed by atoms with Crippen LogP contribution in [-0.4, -0.2) is 57.6 Å². The van der Waals surface area contributed by atoms with E-state index in [1.165, 1.54) is 0 Å². The summed E-state index contributed by atoms with van der Waals surface area (Å²) in [4.78, 5) is 36.3. The molecule has 2 heterocycles. The molecule has 0 aromatic carbocycles. The number of ether oxygens (including phenoxy) is 2. The van der Waals surface area contributed by atoms with Crippen LogP contribution in [0.2, 0.25) is 0 Å². The Kier molecular flexibility index (Phi) is 3.90. The molecule has 150 valence electrons. The maximum atomic E-state index is 12.9. The molecule has 4 aliphatic rings. The van der Waals surface area contributed by atoms with E-state index < -0.39 is 59.1 Å². The van der Waals surface area contributed by atoms with Gasteiger partial charge in [-0.1, -0.05) is 32.1 Å². The van der Waals surface area contributed by atoms with E-state index in [1.807, 2.05) is 13.0 Å². The summed E-state index contributed by atoms with van der Waals surface area (Å²) in [6.07, 6.45) is 4.45. The van der Waals surface area contributed by atoms with Gasteiger partial charge >= 0.3 is 17.9 Å². The molecule has 0 bridgehead atoms. The maximum absolute atomic E-state index is 12.9. The van der Waals surface area contributed by atoms with Crippen LogP contribution in [0.5, 0.6) is 0 Å². The molecule has 0 unspecified atom stereocenters. The zero-order chi connectivity index (χ0) is 20.5. The van der Waals surface area contributed by atoms with Crippen molar-refractivity contribution in [2.45, 2.75) is 44.5 Å². The third-order valence-corrected chi connectivity index (χ3v) is 7.14. The fraction of sp³-hybridized carbons (Fsp3) is 0.550. The summed E-state index contributed by atoms with van der Waals surface area (Å²) in [6, 6.07) is 0. The minimum atomic E-state index is -1.90. The van der Waals surface area contributed by atoms with E-state index in [0.29, 0.717) is 5.57 Å². The number of allylic oxidation sites excluding steroid dienone is 3. The van der Waals surface area contributed by atoms with E-state index >= 15 is 0 Å². The van der Waals surface area contributed by atoms with Crippen LogP contribution in [0.4, 0.5) is 0 Å². The molecule has 3 fully saturated rings. The minimum absolute atomic E-state index is 0.0469. The predicted molar refractivity (Wildman–Crippen MR) is 93.7 cm³/mol. The van der Waals surface area contributed by atoms with Gasteiger partial charge in [0.1, 0.15) is 12.2 Å². The normalized spacial score (nSPS) is 44.2. The van der Waals surface area contributed by atoms with E-state index in [1.54, 1.807) is 19.1 Å². The van der Waals surface area contributed by atoms with Crippen molar-refractivity contribution in [2.24, 2.45) is 16.7 Å². The Labute approximate surface area is 161 Å². The largest absolute Gasteiger partial charge is 0.478 e. The molecule has 3 N–H and O–H groups in total. The summed E-state index contributed by atoms with van der Waals surface area (Å²) in [5.41, 5.74) is -3.13. The molecule has 8 nitrogen and oxygen atoms in total. The quantitative estimate of drug-likeness (QED) is 0.469. The van der Waals surface area contributed by atoms with Crippen molar-refractivity contribution in [3.05, 3.63) is 35.5 Å². The number of esters is 2. The average Bonchev–Trinajstić information content (AvgIpc) is 2.86. The van der Waals surface area contributed by atoms with Gasteiger partial charge in [-0.15, -0.1) is 0 Å². The fourth-order valence-corrected chi connectivity index (χ4v) is 5.54. The highest BCUT2D eigenvalue weighted by Crippen LogP contribution is 2.66. The molecule has 0 radical (unpaired) electrons. The topological polar surface area (TPSA) is 130 Å². The molecule has 0 amide bonds. The van der Waals surface area contributed by atoms with E-state index in [-0.39, 0.29) is 18.4 Å². The van der Waals surface area contributed by atoms with E-state index in [0.717, 1.165) is 6.08 Å². The molecular formula is C20H22O8. The highest BCUT2D eigenvalue weighted by molar-refractivity contribution is 5.94. The van der Waals surface area contributed by atoms with Crippen molar-refractivity contribution < 1.29 is 39.2 Å². The van der Waals surface area contributed by atoms with Crippen molar-refractivity contribution >= 4 is 17.9 Å². The zero-order valence-electron chi connectivity index (χ0n) is 15.5. The molecule has 6 atom stereocenters. The van der Waals surface area contributed by atoms with Gasteiger partial charge in [-0.2, -0.15) is 0 Å². The van der Waals surface area contributed by atoms with Gasteiger partial charge in [0, 0.05) is 34.5 Å². The van der Waals surface area contributed by atoms with Gasteiger partial charge in [0.15, 0.2) is 5.60 Å². The van der Waals surface area contributed by atoms with Gasteiger partial charge in [-0.3, -0.25) is 0 Å². The Morgan fingerprint density at radius 3 is 2.64 bits per heavy atom. The molecule has 8 heteroatoms. The van der Waals surface area contributed by atoms with Gasteiger partial charge < -0.3 is 24.8 Å². The van der Waals surface area contributed by atoms with Crippen LogP contribution in [0.1, 0.15) is 26.7 Å². The van der Waals surface area contributed by atoms with Gasteiger partial charge in [-0.05, 0) is 12.3 Å². The number of carboxylic acid groups (broad SMARTS) is 1. The number of rotatable bonds is 3. The van der Waals surface area contributed by atoms with Crippen LogP contribution in [0, 0.1) is 16.7 Å². The number of carbonyl (C=O) groups is 3. The molecule has 2 saturated heterocycles. The lowest BCUT2D eigenvalue weighted by molar-refractivity contribution is -0.243. The number of fused-ring (bicyclic) bond motifs is 2. The lowest BCUT2D eigenvalue weighted by atomic mass is 9.45. The number of carbonyl (C=O) groups excluding carboxylic acids is 2. The predicted octanol–water partition coefficient (Wildman–Crippen LogP) is 0.490. The number of hydrogen-bond donors (Lipinski definition) is 3. The van der Waals surface area contributed by atoms with Crippen LogP contribution < -0.4 is 0 Å². The molecule has 0 aromatic heterocycles. The first kappa shape index (κ1) is 18.9. The molecule has 0 spiro atoms. The summed E-state index contributed by atoms with van der Waals surface area (Å²) in [6.45, 7) is 3.05. The lowest BCUT2D eigenvalue weighted by Gasteiger charge is -2.61. The second-order valence-electron chi connectivity index (χ2n) is 8.42. The Balaban J connectivity index is 1.82. The lowest BCUT2D eigenvalue weighted by Crippen LogP contribution is -2.70. The molecule has 0 aromatic rings. The van der Waals surface area contributed by atoms with Crippen molar-refractivity contribution in [3.63, 3.8) is 0 Å². The summed E-state index contributed by atoms with van der Waals surface area (Å²) < 4.78 is 10.9. The van der Waals surface area contributed by atoms with Gasteiger partial charge in [-0.25, -0.2) is 14.4 Å². The SMILES string of the molecule is C[C@@]12C3=CC=C[C@@H]1[C@@]1(C)C[C@@H](/C(=C/C(=O)O)CO)OC(=O)[C@]1(O)C[C@@H]2OC3=O. The maximum Gasteiger partial charge on any atom is 0.339 e. The molecule has 2 aliphatic heterocycles. The van der Waals surface area contributed by atoms with Gasteiger partial charge in [0.2, 0.25) is 0 Å². The first-order valence-electron chi connectivity index (χ1n) is 9.15.